The number of alkyl halides is 5. The number of nitrogens with one attached hydrogen (secondary N) is 2. The SMILES string of the molecule is O=C(Nc1nc2cc3c(cc2[nH]1)OC(F)(F)O3)c1nnn(-c2cccc(F)c2)c1C(F)(F)F. The highest BCUT2D eigenvalue weighted by atomic mass is 19.4. The first kappa shape index (κ1) is 20.6. The number of nitrogens with zero attached hydrogens (tertiary/aromatic N) is 4. The van der Waals surface area contributed by atoms with E-state index in [0.29, 0.717) is 0 Å². The number of hydrogen-bond acceptors (Lipinski definition) is 6. The Hall–Kier alpha value is -4.30. The van der Waals surface area contributed by atoms with E-state index in [2.05, 4.69) is 35.1 Å². The van der Waals surface area contributed by atoms with Crippen LogP contribution in [0.1, 0.15) is 16.2 Å². The van der Waals surface area contributed by atoms with E-state index in [4.69, 9.17) is 0 Å². The zero-order chi connectivity index (χ0) is 23.5. The normalized spacial score (nSPS) is 14.6. The Morgan fingerprint density at radius 2 is 1.85 bits per heavy atom. The number of anilines is 1. The van der Waals surface area contributed by atoms with Crippen molar-refractivity contribution in [2.75, 3.05) is 5.32 Å². The molecule has 170 valence electrons. The highest BCUT2D eigenvalue weighted by Crippen LogP contribution is 2.43. The van der Waals surface area contributed by atoms with E-state index in [-0.39, 0.29) is 38.8 Å². The largest absolute Gasteiger partial charge is 0.586 e. The van der Waals surface area contributed by atoms with E-state index in [1.54, 1.807) is 0 Å². The minimum Gasteiger partial charge on any atom is -0.395 e. The molecule has 0 bridgehead atoms. The van der Waals surface area contributed by atoms with E-state index in [9.17, 15) is 31.1 Å². The lowest BCUT2D eigenvalue weighted by molar-refractivity contribution is -0.286. The molecule has 0 aliphatic carbocycles. The van der Waals surface area contributed by atoms with Crippen molar-refractivity contribution in [1.29, 1.82) is 0 Å². The number of H-pyrrole nitrogens is 1. The Labute approximate surface area is 177 Å². The van der Waals surface area contributed by atoms with Gasteiger partial charge in [0.05, 0.1) is 16.7 Å². The Kier molecular flexibility index (Phi) is 4.27. The van der Waals surface area contributed by atoms with Crippen molar-refractivity contribution in [2.24, 2.45) is 0 Å². The van der Waals surface area contributed by atoms with Gasteiger partial charge in [-0.3, -0.25) is 10.1 Å². The molecule has 1 aliphatic rings. The van der Waals surface area contributed by atoms with Crippen LogP contribution in [-0.2, 0) is 6.18 Å². The molecule has 4 aromatic rings. The summed E-state index contributed by atoms with van der Waals surface area (Å²) in [7, 11) is 0. The van der Waals surface area contributed by atoms with Crippen molar-refractivity contribution < 1.29 is 40.6 Å². The third kappa shape index (κ3) is 3.66. The van der Waals surface area contributed by atoms with Gasteiger partial charge in [-0.25, -0.2) is 14.1 Å². The first-order valence-electron chi connectivity index (χ1n) is 8.90. The predicted octanol–water partition coefficient (Wildman–Crippen LogP) is 3.88. The van der Waals surface area contributed by atoms with Gasteiger partial charge < -0.3 is 14.5 Å². The molecule has 1 amide bonds. The van der Waals surface area contributed by atoms with Crippen LogP contribution >= 0.6 is 0 Å². The fraction of sp³-hybridized carbons (Fsp3) is 0.111. The number of rotatable bonds is 3. The fourth-order valence-electron chi connectivity index (χ4n) is 3.16. The molecule has 0 saturated carbocycles. The van der Waals surface area contributed by atoms with Gasteiger partial charge >= 0.3 is 12.5 Å². The lowest BCUT2D eigenvalue weighted by atomic mass is 10.2. The third-order valence-corrected chi connectivity index (χ3v) is 4.44. The minimum atomic E-state index is -5.07. The summed E-state index contributed by atoms with van der Waals surface area (Å²) in [5.74, 6) is -3.06. The van der Waals surface area contributed by atoms with E-state index in [1.807, 2.05) is 0 Å². The summed E-state index contributed by atoms with van der Waals surface area (Å²) in [6, 6.07) is 6.35. The second-order valence-corrected chi connectivity index (χ2v) is 6.70. The molecule has 2 N–H and O–H groups in total. The highest BCUT2D eigenvalue weighted by molar-refractivity contribution is 6.03. The summed E-state index contributed by atoms with van der Waals surface area (Å²) in [5.41, 5.74) is -2.75. The lowest BCUT2D eigenvalue weighted by Crippen LogP contribution is -2.25. The summed E-state index contributed by atoms with van der Waals surface area (Å²) in [6.45, 7) is 0. The van der Waals surface area contributed by atoms with Crippen LogP contribution in [0.2, 0.25) is 0 Å². The molecule has 2 aromatic carbocycles. The number of benzene rings is 2. The number of carbonyl (C=O) groups is 1. The summed E-state index contributed by atoms with van der Waals surface area (Å²) in [5, 5.41) is 8.74. The molecule has 3 heterocycles. The van der Waals surface area contributed by atoms with Crippen LogP contribution in [0.15, 0.2) is 36.4 Å². The van der Waals surface area contributed by atoms with Gasteiger partial charge in [0.15, 0.2) is 22.9 Å². The number of aromatic amines is 1. The van der Waals surface area contributed by atoms with E-state index in [0.717, 1.165) is 30.3 Å². The van der Waals surface area contributed by atoms with Crippen LogP contribution in [-0.4, -0.2) is 37.2 Å². The van der Waals surface area contributed by atoms with Gasteiger partial charge in [-0.15, -0.1) is 13.9 Å². The molecule has 0 saturated heterocycles. The Bertz CT molecular complexity index is 1370. The molecule has 0 fully saturated rings. The molecule has 0 spiro atoms. The van der Waals surface area contributed by atoms with Gasteiger partial charge in [-0.05, 0) is 18.2 Å². The Balaban J connectivity index is 1.48. The Morgan fingerprint density at radius 1 is 1.12 bits per heavy atom. The van der Waals surface area contributed by atoms with Crippen LogP contribution in [0.3, 0.4) is 0 Å². The molecule has 15 heteroatoms. The monoisotopic (exact) mass is 470 g/mol. The average Bonchev–Trinajstić information content (AvgIpc) is 3.38. The molecule has 0 unspecified atom stereocenters. The quantitative estimate of drug-likeness (QED) is 0.441. The van der Waals surface area contributed by atoms with Crippen LogP contribution in [0, 0.1) is 5.82 Å². The average molecular weight is 470 g/mol. The molecule has 0 radical (unpaired) electrons. The van der Waals surface area contributed by atoms with Crippen molar-refractivity contribution in [3.63, 3.8) is 0 Å². The van der Waals surface area contributed by atoms with Crippen molar-refractivity contribution in [3.8, 4) is 17.2 Å². The second kappa shape index (κ2) is 6.85. The molecular weight excluding hydrogens is 462 g/mol. The number of aromatic nitrogens is 5. The minimum absolute atomic E-state index is 0.0600. The van der Waals surface area contributed by atoms with Crippen molar-refractivity contribution in [2.45, 2.75) is 12.5 Å². The van der Waals surface area contributed by atoms with Crippen molar-refractivity contribution in [1.82, 2.24) is 25.0 Å². The molecule has 2 aromatic heterocycles. The number of ether oxygens (including phenoxy) is 2. The van der Waals surface area contributed by atoms with Gasteiger partial charge in [-0.1, -0.05) is 11.3 Å². The van der Waals surface area contributed by atoms with Gasteiger partial charge in [0.1, 0.15) is 5.82 Å². The van der Waals surface area contributed by atoms with Gasteiger partial charge in [0.25, 0.3) is 5.91 Å². The molecule has 1 aliphatic heterocycles. The molecule has 5 rings (SSSR count). The van der Waals surface area contributed by atoms with Gasteiger partial charge in [-0.2, -0.15) is 13.2 Å². The van der Waals surface area contributed by atoms with E-state index >= 15 is 0 Å². The molecular formula is C18H8F6N6O3. The smallest absolute Gasteiger partial charge is 0.395 e. The number of hydrogen-bond donors (Lipinski definition) is 2. The zero-order valence-corrected chi connectivity index (χ0v) is 15.7. The fourth-order valence-corrected chi connectivity index (χ4v) is 3.16. The van der Waals surface area contributed by atoms with E-state index < -0.39 is 35.6 Å². The first-order valence-corrected chi connectivity index (χ1v) is 8.90. The van der Waals surface area contributed by atoms with Crippen LogP contribution in [0.25, 0.3) is 16.7 Å². The van der Waals surface area contributed by atoms with Crippen molar-refractivity contribution in [3.05, 3.63) is 53.6 Å². The van der Waals surface area contributed by atoms with Crippen molar-refractivity contribution >= 4 is 22.9 Å². The predicted molar refractivity (Wildman–Crippen MR) is 96.6 cm³/mol. The third-order valence-electron chi connectivity index (χ3n) is 4.44. The van der Waals surface area contributed by atoms with Crippen LogP contribution < -0.4 is 14.8 Å². The second-order valence-electron chi connectivity index (χ2n) is 6.70. The van der Waals surface area contributed by atoms with Gasteiger partial charge in [0, 0.05) is 12.1 Å². The molecule has 9 nitrogen and oxygen atoms in total. The van der Waals surface area contributed by atoms with E-state index in [1.165, 1.54) is 6.07 Å². The lowest BCUT2D eigenvalue weighted by Gasteiger charge is -2.11. The summed E-state index contributed by atoms with van der Waals surface area (Å²) in [6.07, 6.45) is -8.92. The number of fused-ring (bicyclic) bond motifs is 2. The highest BCUT2D eigenvalue weighted by Gasteiger charge is 2.44. The number of imidazole rings is 1. The summed E-state index contributed by atoms with van der Waals surface area (Å²) in [4.78, 5) is 19.0. The van der Waals surface area contributed by atoms with Crippen LogP contribution in [0.4, 0.5) is 32.3 Å². The zero-order valence-electron chi connectivity index (χ0n) is 15.7. The van der Waals surface area contributed by atoms with Crippen LogP contribution in [0.5, 0.6) is 11.5 Å². The topological polar surface area (TPSA) is 107 Å². The standard InChI is InChI=1S/C18H8F6N6O3/c19-7-2-1-3-8(4-7)30-14(17(20,21)22)13(28-29-30)15(31)27-16-25-9-5-11-12(6-10(9)26-16)33-18(23,24)32-11/h1-6H,(H2,25,26,27,31). The number of halogens is 6. The maximum atomic E-state index is 13.7. The van der Waals surface area contributed by atoms with Gasteiger partial charge in [0.2, 0.25) is 5.95 Å². The maximum absolute atomic E-state index is 13.7. The Morgan fingerprint density at radius 3 is 2.55 bits per heavy atom. The summed E-state index contributed by atoms with van der Waals surface area (Å²) < 4.78 is 89.8. The summed E-state index contributed by atoms with van der Waals surface area (Å²) >= 11 is 0. The number of carbonyl (C=O) groups excluding carboxylic acids is 1. The molecule has 0 atom stereocenters. The molecule has 33 heavy (non-hydrogen) atoms. The number of amides is 1. The maximum Gasteiger partial charge on any atom is 0.586 e. The first-order chi connectivity index (χ1) is 15.5.